The third-order valence-electron chi connectivity index (χ3n) is 5.74. The summed E-state index contributed by atoms with van der Waals surface area (Å²) in [6.07, 6.45) is 8.60. The van der Waals surface area contributed by atoms with E-state index in [1.807, 2.05) is 37.5 Å². The van der Waals surface area contributed by atoms with Gasteiger partial charge in [-0.2, -0.15) is 0 Å². The lowest BCUT2D eigenvalue weighted by Gasteiger charge is -2.12. The monoisotopic (exact) mass is 439 g/mol. The van der Waals surface area contributed by atoms with Crippen LogP contribution in [0.2, 0.25) is 0 Å². The Hall–Kier alpha value is -4.13. The molecule has 0 radical (unpaired) electrons. The number of fused-ring (bicyclic) bond motifs is 1. The molecule has 0 aliphatic carbocycles. The molecule has 4 aromatic rings. The van der Waals surface area contributed by atoms with Crippen LogP contribution in [0.3, 0.4) is 0 Å². The first-order chi connectivity index (χ1) is 16.1. The largest absolute Gasteiger partial charge is 0.339 e. The van der Waals surface area contributed by atoms with Gasteiger partial charge in [0.25, 0.3) is 0 Å². The first-order valence-electron chi connectivity index (χ1n) is 10.8. The summed E-state index contributed by atoms with van der Waals surface area (Å²) in [4.78, 5) is 29.0. The zero-order valence-electron chi connectivity index (χ0n) is 18.0. The van der Waals surface area contributed by atoms with Crippen LogP contribution >= 0.6 is 0 Å². The number of aromatic amines is 1. The highest BCUT2D eigenvalue weighted by atomic mass is 19.1. The smallest absolute Gasteiger partial charge is 0.228 e. The van der Waals surface area contributed by atoms with E-state index >= 15 is 0 Å². The molecule has 3 aromatic heterocycles. The average Bonchev–Trinajstić information content (AvgIpc) is 3.47. The van der Waals surface area contributed by atoms with E-state index in [4.69, 9.17) is 0 Å². The number of hydrogen-bond acceptors (Lipinski definition) is 4. The lowest BCUT2D eigenvalue weighted by atomic mass is 9.99. The number of rotatable bonds is 6. The number of hydrogen-bond donors (Lipinski definition) is 2. The van der Waals surface area contributed by atoms with E-state index in [0.717, 1.165) is 39.8 Å². The molecular formula is C26H22FN5O. The first kappa shape index (κ1) is 20.8. The van der Waals surface area contributed by atoms with Gasteiger partial charge in [-0.3, -0.25) is 14.8 Å². The van der Waals surface area contributed by atoms with E-state index in [-0.39, 0.29) is 17.6 Å². The summed E-state index contributed by atoms with van der Waals surface area (Å²) in [5.74, 6) is -0.0998. The van der Waals surface area contributed by atoms with Crippen molar-refractivity contribution in [2.45, 2.75) is 19.8 Å². The normalized spacial score (nSPS) is 13.8. The third-order valence-corrected chi connectivity index (χ3v) is 5.74. The van der Waals surface area contributed by atoms with Gasteiger partial charge in [-0.05, 0) is 71.7 Å². The highest BCUT2D eigenvalue weighted by molar-refractivity contribution is 6.03. The Morgan fingerprint density at radius 3 is 2.61 bits per heavy atom. The number of aromatic nitrogens is 3. The summed E-state index contributed by atoms with van der Waals surface area (Å²) < 4.78 is 13.5. The molecule has 1 atom stereocenters. The number of nitrogens with one attached hydrogen (secondary N) is 2. The molecule has 0 bridgehead atoms. The summed E-state index contributed by atoms with van der Waals surface area (Å²) in [5, 5.41) is 3.83. The Labute approximate surface area is 190 Å². The van der Waals surface area contributed by atoms with Crippen molar-refractivity contribution in [2.75, 3.05) is 5.32 Å². The number of anilines is 1. The number of aliphatic imine (C=N–C) groups is 1. The van der Waals surface area contributed by atoms with Gasteiger partial charge in [0.2, 0.25) is 5.91 Å². The van der Waals surface area contributed by atoms with Crippen LogP contribution in [0.25, 0.3) is 33.4 Å². The van der Waals surface area contributed by atoms with Gasteiger partial charge >= 0.3 is 0 Å². The molecule has 33 heavy (non-hydrogen) atoms. The van der Waals surface area contributed by atoms with E-state index in [1.165, 1.54) is 12.1 Å². The highest BCUT2D eigenvalue weighted by Crippen LogP contribution is 2.38. The van der Waals surface area contributed by atoms with E-state index in [1.54, 1.807) is 30.6 Å². The Morgan fingerprint density at radius 1 is 1.09 bits per heavy atom. The maximum Gasteiger partial charge on any atom is 0.228 e. The van der Waals surface area contributed by atoms with E-state index in [2.05, 4.69) is 25.3 Å². The molecule has 0 spiro atoms. The van der Waals surface area contributed by atoms with Gasteiger partial charge in [0.1, 0.15) is 17.3 Å². The summed E-state index contributed by atoms with van der Waals surface area (Å²) in [6, 6.07) is 13.9. The quantitative estimate of drug-likeness (QED) is 0.401. The zero-order chi connectivity index (χ0) is 22.8. The molecule has 1 amide bonds. The van der Waals surface area contributed by atoms with Crippen LogP contribution < -0.4 is 5.32 Å². The minimum absolute atomic E-state index is 0.0886. The van der Waals surface area contributed by atoms with Crippen molar-refractivity contribution in [2.24, 2.45) is 10.9 Å². The second kappa shape index (κ2) is 8.78. The number of benzene rings is 1. The Bertz CT molecular complexity index is 1370. The molecule has 0 saturated heterocycles. The highest BCUT2D eigenvalue weighted by Gasteiger charge is 2.19. The summed E-state index contributed by atoms with van der Waals surface area (Å²) in [5.41, 5.74) is 5.37. The number of halogens is 1. The van der Waals surface area contributed by atoms with E-state index in [9.17, 15) is 9.18 Å². The van der Waals surface area contributed by atoms with Gasteiger partial charge in [0.15, 0.2) is 0 Å². The molecular weight excluding hydrogens is 417 g/mol. The van der Waals surface area contributed by atoms with Crippen molar-refractivity contribution in [3.05, 3.63) is 78.5 Å². The van der Waals surface area contributed by atoms with Gasteiger partial charge < -0.3 is 10.3 Å². The van der Waals surface area contributed by atoms with Crippen molar-refractivity contribution in [1.29, 1.82) is 0 Å². The molecule has 7 heteroatoms. The number of pyridine rings is 2. The maximum absolute atomic E-state index is 13.5. The zero-order valence-corrected chi connectivity index (χ0v) is 18.0. The van der Waals surface area contributed by atoms with Crippen LogP contribution in [0, 0.1) is 11.7 Å². The van der Waals surface area contributed by atoms with Crippen molar-refractivity contribution >= 4 is 29.0 Å². The minimum Gasteiger partial charge on any atom is -0.339 e. The van der Waals surface area contributed by atoms with Crippen molar-refractivity contribution in [3.8, 4) is 22.4 Å². The van der Waals surface area contributed by atoms with Crippen molar-refractivity contribution < 1.29 is 9.18 Å². The van der Waals surface area contributed by atoms with Crippen molar-refractivity contribution in [3.63, 3.8) is 0 Å². The molecule has 2 N–H and O–H groups in total. The third kappa shape index (κ3) is 4.30. The maximum atomic E-state index is 13.5. The molecule has 164 valence electrons. The van der Waals surface area contributed by atoms with Crippen LogP contribution in [0.15, 0.2) is 77.7 Å². The van der Waals surface area contributed by atoms with Gasteiger partial charge in [0, 0.05) is 48.1 Å². The van der Waals surface area contributed by atoms with Crippen LogP contribution in [0.4, 0.5) is 10.2 Å². The van der Waals surface area contributed by atoms with E-state index < -0.39 is 0 Å². The summed E-state index contributed by atoms with van der Waals surface area (Å²) in [6.45, 7) is 1.90. The lowest BCUT2D eigenvalue weighted by molar-refractivity contribution is -0.119. The number of amides is 1. The molecule has 5 rings (SSSR count). The fourth-order valence-corrected chi connectivity index (χ4v) is 4.05. The van der Waals surface area contributed by atoms with Gasteiger partial charge in [-0.25, -0.2) is 9.37 Å². The fourth-order valence-electron chi connectivity index (χ4n) is 4.05. The van der Waals surface area contributed by atoms with Crippen LogP contribution in [0.5, 0.6) is 0 Å². The Morgan fingerprint density at radius 2 is 1.88 bits per heavy atom. The number of H-pyrrole nitrogens is 1. The fraction of sp³-hybridized carbons (Fsp3) is 0.154. The molecule has 1 aliphatic heterocycles. The predicted molar refractivity (Wildman–Crippen MR) is 128 cm³/mol. The number of nitrogens with zero attached hydrogens (tertiary/aromatic N) is 3. The standard InChI is InChI=1S/C26H22FN5O/c1-16(14-17-8-11-29-15-17)26(33)31-22-7-6-21-23(18-9-12-28-13-10-18)24(32-25(21)30-22)19-2-4-20(27)5-3-19/h2-7,9-13,15-16H,8,14H2,1H3,(H2,30,31,32,33)/t16-/m0/s1. The van der Waals surface area contributed by atoms with Gasteiger partial charge in [-0.15, -0.1) is 0 Å². The molecule has 0 fully saturated rings. The predicted octanol–water partition coefficient (Wildman–Crippen LogP) is 5.75. The molecule has 0 unspecified atom stereocenters. The Kier molecular flexibility index (Phi) is 5.52. The average molecular weight is 439 g/mol. The van der Waals surface area contributed by atoms with E-state index in [0.29, 0.717) is 17.9 Å². The van der Waals surface area contributed by atoms with Gasteiger partial charge in [-0.1, -0.05) is 6.92 Å². The lowest BCUT2D eigenvalue weighted by Crippen LogP contribution is -2.21. The SMILES string of the molecule is C[C@@H](CC1=CN=CC1)C(=O)Nc1ccc2c(-c3ccncc3)c(-c3ccc(F)cc3)[nH]c2n1. The first-order valence-corrected chi connectivity index (χ1v) is 10.8. The molecule has 4 heterocycles. The molecule has 0 saturated carbocycles. The number of allylic oxidation sites excluding steroid dienone is 1. The number of carbonyl (C=O) groups excluding carboxylic acids is 1. The molecule has 1 aromatic carbocycles. The topological polar surface area (TPSA) is 83.0 Å². The summed E-state index contributed by atoms with van der Waals surface area (Å²) >= 11 is 0. The summed E-state index contributed by atoms with van der Waals surface area (Å²) in [7, 11) is 0. The second-order valence-electron chi connectivity index (χ2n) is 8.13. The molecule has 1 aliphatic rings. The number of carbonyl (C=O) groups is 1. The van der Waals surface area contributed by atoms with Crippen LogP contribution in [0.1, 0.15) is 19.8 Å². The minimum atomic E-state index is -0.294. The van der Waals surface area contributed by atoms with Gasteiger partial charge in [0.05, 0.1) is 5.69 Å². The van der Waals surface area contributed by atoms with Crippen LogP contribution in [-0.2, 0) is 4.79 Å². The van der Waals surface area contributed by atoms with Crippen molar-refractivity contribution in [1.82, 2.24) is 15.0 Å². The Balaban J connectivity index is 1.49. The van der Waals surface area contributed by atoms with Crippen LogP contribution in [-0.4, -0.2) is 27.1 Å². The second-order valence-corrected chi connectivity index (χ2v) is 8.13. The molecule has 6 nitrogen and oxygen atoms in total.